The molecule has 0 aliphatic carbocycles. The minimum absolute atomic E-state index is 0.0563. The molecule has 0 radical (unpaired) electrons. The first-order chi connectivity index (χ1) is 13.1. The second kappa shape index (κ2) is 7.01. The average molecular weight is 366 g/mol. The Hall–Kier alpha value is -2.91. The molecule has 27 heavy (non-hydrogen) atoms. The van der Waals surface area contributed by atoms with E-state index in [9.17, 15) is 15.3 Å². The lowest BCUT2D eigenvalue weighted by atomic mass is 10.1. The highest BCUT2D eigenvalue weighted by Crippen LogP contribution is 2.28. The molecule has 1 unspecified atom stereocenters. The molecule has 4 N–H and O–H groups in total. The number of benzene rings is 2. The Morgan fingerprint density at radius 3 is 2.33 bits per heavy atom. The summed E-state index contributed by atoms with van der Waals surface area (Å²) in [5, 5.41) is 47.6. The summed E-state index contributed by atoms with van der Waals surface area (Å²) in [6.45, 7) is -0.688. The number of nitrogens with zero attached hydrogens (tertiary/aromatic N) is 4. The Morgan fingerprint density at radius 2 is 1.59 bits per heavy atom. The van der Waals surface area contributed by atoms with Crippen molar-refractivity contribution in [2.45, 2.75) is 18.3 Å². The number of aliphatic hydroxyl groups excluding tert-OH is 4. The maximum Gasteiger partial charge on any atom is 0.188 e. The zero-order chi connectivity index (χ0) is 19.0. The van der Waals surface area contributed by atoms with Crippen LogP contribution in [0.1, 0.15) is 11.9 Å². The Kier molecular flexibility index (Phi) is 4.54. The van der Waals surface area contributed by atoms with Gasteiger partial charge in [0.2, 0.25) is 0 Å². The van der Waals surface area contributed by atoms with Crippen molar-refractivity contribution in [3.63, 3.8) is 0 Å². The predicted octanol–water partition coefficient (Wildman–Crippen LogP) is 0.692. The molecule has 138 valence electrons. The van der Waals surface area contributed by atoms with E-state index >= 15 is 0 Å². The topological polar surface area (TPSA) is 124 Å². The third-order valence-electron chi connectivity index (χ3n) is 4.47. The van der Waals surface area contributed by atoms with E-state index in [1.165, 1.54) is 0 Å². The summed E-state index contributed by atoms with van der Waals surface area (Å²) in [6.07, 6.45) is -4.67. The first-order valence-electron chi connectivity index (χ1n) is 8.46. The van der Waals surface area contributed by atoms with Crippen LogP contribution in [0.4, 0.5) is 0 Å². The summed E-state index contributed by atoms with van der Waals surface area (Å²) in [5.74, 6) is 0.0563. The van der Waals surface area contributed by atoms with Crippen LogP contribution in [0.15, 0.2) is 54.6 Å². The summed E-state index contributed by atoms with van der Waals surface area (Å²) < 4.78 is 1.61. The van der Waals surface area contributed by atoms with Gasteiger partial charge in [0.15, 0.2) is 11.5 Å². The smallest absolute Gasteiger partial charge is 0.188 e. The fourth-order valence-electron chi connectivity index (χ4n) is 3.06. The monoisotopic (exact) mass is 366 g/mol. The van der Waals surface area contributed by atoms with Crippen LogP contribution in [0.3, 0.4) is 0 Å². The highest BCUT2D eigenvalue weighted by molar-refractivity contribution is 5.85. The normalized spacial score (nSPS) is 15.1. The molecule has 3 atom stereocenters. The fraction of sp³-hybridized carbons (Fsp3) is 0.211. The van der Waals surface area contributed by atoms with Gasteiger partial charge in [0.05, 0.1) is 17.6 Å². The Bertz CT molecular complexity index is 1080. The first kappa shape index (κ1) is 17.5. The van der Waals surface area contributed by atoms with Gasteiger partial charge in [0.1, 0.15) is 24.0 Å². The minimum atomic E-state index is -1.62. The van der Waals surface area contributed by atoms with Gasteiger partial charge in [0, 0.05) is 5.56 Å². The molecule has 0 spiro atoms. The van der Waals surface area contributed by atoms with Gasteiger partial charge in [-0.25, -0.2) is 4.98 Å². The molecule has 0 aliphatic rings. The molecule has 8 heteroatoms. The van der Waals surface area contributed by atoms with Crippen molar-refractivity contribution in [1.82, 2.24) is 19.6 Å². The summed E-state index contributed by atoms with van der Waals surface area (Å²) >= 11 is 0. The fourth-order valence-corrected chi connectivity index (χ4v) is 3.06. The zero-order valence-electron chi connectivity index (χ0n) is 14.2. The van der Waals surface area contributed by atoms with Crippen LogP contribution in [-0.2, 0) is 0 Å². The third kappa shape index (κ3) is 2.94. The molecule has 2 heterocycles. The first-order valence-corrected chi connectivity index (χ1v) is 8.46. The van der Waals surface area contributed by atoms with Crippen molar-refractivity contribution in [3.8, 4) is 11.3 Å². The van der Waals surface area contributed by atoms with E-state index in [4.69, 9.17) is 5.11 Å². The molecule has 8 nitrogen and oxygen atoms in total. The molecule has 2 aromatic heterocycles. The molecule has 0 saturated carbocycles. The lowest BCUT2D eigenvalue weighted by Gasteiger charge is -2.20. The number of aromatic nitrogens is 4. The van der Waals surface area contributed by atoms with E-state index in [1.807, 2.05) is 48.5 Å². The zero-order valence-corrected chi connectivity index (χ0v) is 14.2. The number of hydrogen-bond acceptors (Lipinski definition) is 7. The van der Waals surface area contributed by atoms with Gasteiger partial charge in [-0.15, -0.1) is 10.2 Å². The lowest BCUT2D eigenvalue weighted by molar-refractivity contribution is -0.0805. The average Bonchev–Trinajstić information content (AvgIpc) is 3.17. The van der Waals surface area contributed by atoms with E-state index in [0.29, 0.717) is 22.4 Å². The number of para-hydroxylation sites is 2. The molecular weight excluding hydrogens is 348 g/mol. The molecule has 4 aromatic rings. The number of hydrogen-bond donors (Lipinski definition) is 4. The largest absolute Gasteiger partial charge is 0.394 e. The van der Waals surface area contributed by atoms with Crippen molar-refractivity contribution in [2.24, 2.45) is 0 Å². The van der Waals surface area contributed by atoms with Gasteiger partial charge < -0.3 is 20.4 Å². The minimum Gasteiger partial charge on any atom is -0.394 e. The Balaban J connectivity index is 1.99. The van der Waals surface area contributed by atoms with E-state index in [0.717, 1.165) is 5.56 Å². The molecule has 2 aromatic carbocycles. The van der Waals surface area contributed by atoms with Gasteiger partial charge in [-0.05, 0) is 12.1 Å². The number of rotatable bonds is 5. The van der Waals surface area contributed by atoms with Crippen molar-refractivity contribution in [3.05, 3.63) is 60.4 Å². The summed E-state index contributed by atoms with van der Waals surface area (Å²) in [4.78, 5) is 4.69. The van der Waals surface area contributed by atoms with Crippen molar-refractivity contribution in [1.29, 1.82) is 0 Å². The lowest BCUT2D eigenvalue weighted by Crippen LogP contribution is -2.35. The van der Waals surface area contributed by atoms with Crippen LogP contribution in [0.25, 0.3) is 27.9 Å². The third-order valence-corrected chi connectivity index (χ3v) is 4.47. The second-order valence-electron chi connectivity index (χ2n) is 6.22. The summed E-state index contributed by atoms with van der Waals surface area (Å²) in [6, 6.07) is 16.8. The molecule has 0 aliphatic heterocycles. The molecule has 0 fully saturated rings. The van der Waals surface area contributed by atoms with Crippen LogP contribution in [0.2, 0.25) is 0 Å². The quantitative estimate of drug-likeness (QED) is 0.410. The Morgan fingerprint density at radius 1 is 0.889 bits per heavy atom. The van der Waals surface area contributed by atoms with Gasteiger partial charge >= 0.3 is 0 Å². The maximum absolute atomic E-state index is 10.5. The highest BCUT2D eigenvalue weighted by atomic mass is 16.4. The van der Waals surface area contributed by atoms with Crippen LogP contribution < -0.4 is 0 Å². The summed E-state index contributed by atoms with van der Waals surface area (Å²) in [5.41, 5.74) is 3.14. The van der Waals surface area contributed by atoms with Crippen molar-refractivity contribution >= 4 is 16.7 Å². The standard InChI is InChI=1S/C19H18N4O4/c24-10-14(25)16(26)17(27)19-22-21-18-15(11-6-2-1-3-7-11)20-12-8-4-5-9-13(12)23(18)19/h1-9,14,16-17,24-27H,10H2/t14-,16+,17?/m1/s1. The van der Waals surface area contributed by atoms with Crippen LogP contribution in [0, 0.1) is 0 Å². The molecule has 0 bridgehead atoms. The van der Waals surface area contributed by atoms with Crippen molar-refractivity contribution in [2.75, 3.05) is 6.61 Å². The van der Waals surface area contributed by atoms with Gasteiger partial charge in [-0.3, -0.25) is 4.40 Å². The number of aliphatic hydroxyl groups is 4. The van der Waals surface area contributed by atoms with Gasteiger partial charge in [0.25, 0.3) is 0 Å². The highest BCUT2D eigenvalue weighted by Gasteiger charge is 2.30. The molecule has 4 rings (SSSR count). The van der Waals surface area contributed by atoms with Crippen LogP contribution in [0.5, 0.6) is 0 Å². The SMILES string of the molecule is OC[C@@H](O)[C@H](O)C(O)c1nnc2c(-c3ccccc3)nc3ccccc3n12. The molecule has 0 saturated heterocycles. The van der Waals surface area contributed by atoms with E-state index in [2.05, 4.69) is 15.2 Å². The van der Waals surface area contributed by atoms with Crippen LogP contribution in [-0.4, -0.2) is 58.8 Å². The number of fused-ring (bicyclic) bond motifs is 3. The maximum atomic E-state index is 10.5. The van der Waals surface area contributed by atoms with Crippen LogP contribution >= 0.6 is 0 Å². The Labute approximate surface area is 154 Å². The van der Waals surface area contributed by atoms with Gasteiger partial charge in [-0.2, -0.15) is 0 Å². The molecule has 0 amide bonds. The van der Waals surface area contributed by atoms with Crippen molar-refractivity contribution < 1.29 is 20.4 Å². The van der Waals surface area contributed by atoms with Gasteiger partial charge in [-0.1, -0.05) is 42.5 Å². The molecular formula is C19H18N4O4. The second-order valence-corrected chi connectivity index (χ2v) is 6.22. The van der Waals surface area contributed by atoms with E-state index < -0.39 is 24.9 Å². The van der Waals surface area contributed by atoms with E-state index in [-0.39, 0.29) is 5.82 Å². The predicted molar refractivity (Wildman–Crippen MR) is 97.8 cm³/mol. The van der Waals surface area contributed by atoms with E-state index in [1.54, 1.807) is 10.5 Å². The summed E-state index contributed by atoms with van der Waals surface area (Å²) in [7, 11) is 0.